The fraction of sp³-hybridized carbons (Fsp3) is 0.211. The third-order valence-corrected chi connectivity index (χ3v) is 4.14. The average molecular weight is 421 g/mol. The highest BCUT2D eigenvalue weighted by Gasteiger charge is 2.23. The number of rotatable bonds is 8. The number of hydrogen-bond acceptors (Lipinski definition) is 7. The molecule has 0 saturated heterocycles. The topological polar surface area (TPSA) is 125 Å². The fourth-order valence-corrected chi connectivity index (χ4v) is 2.60. The molecule has 9 nitrogen and oxygen atoms in total. The van der Waals surface area contributed by atoms with Crippen LogP contribution in [0, 0.1) is 10.1 Å². The van der Waals surface area contributed by atoms with Crippen LogP contribution in [0.4, 0.5) is 5.69 Å². The van der Waals surface area contributed by atoms with Gasteiger partial charge in [-0.05, 0) is 17.7 Å². The molecular formula is C19H17ClN2O7. The lowest BCUT2D eigenvalue weighted by molar-refractivity contribution is -0.384. The molecule has 0 heterocycles. The smallest absolute Gasteiger partial charge is 0.338 e. The zero-order valence-corrected chi connectivity index (χ0v) is 16.0. The van der Waals surface area contributed by atoms with E-state index >= 15 is 0 Å². The molecule has 29 heavy (non-hydrogen) atoms. The maximum Gasteiger partial charge on any atom is 0.338 e. The van der Waals surface area contributed by atoms with Crippen LogP contribution in [0.15, 0.2) is 48.5 Å². The highest BCUT2D eigenvalue weighted by Crippen LogP contribution is 2.25. The molecule has 1 atom stereocenters. The fourth-order valence-electron chi connectivity index (χ4n) is 2.42. The van der Waals surface area contributed by atoms with Crippen LogP contribution in [-0.2, 0) is 25.5 Å². The van der Waals surface area contributed by atoms with Gasteiger partial charge in [-0.1, -0.05) is 41.9 Å². The Bertz CT molecular complexity index is 918. The summed E-state index contributed by atoms with van der Waals surface area (Å²) in [4.78, 5) is 46.2. The van der Waals surface area contributed by atoms with Gasteiger partial charge < -0.3 is 14.8 Å². The van der Waals surface area contributed by atoms with Crippen LogP contribution in [0.1, 0.15) is 15.9 Å². The minimum Gasteiger partial charge on any atom is -0.467 e. The number of benzene rings is 2. The lowest BCUT2D eigenvalue weighted by Crippen LogP contribution is -2.44. The van der Waals surface area contributed by atoms with Crippen molar-refractivity contribution in [3.05, 3.63) is 74.8 Å². The molecule has 0 spiro atoms. The van der Waals surface area contributed by atoms with E-state index in [-0.39, 0.29) is 17.0 Å². The van der Waals surface area contributed by atoms with Crippen molar-refractivity contribution in [3.8, 4) is 0 Å². The molecule has 1 N–H and O–H groups in total. The zero-order chi connectivity index (χ0) is 21.4. The first-order valence-corrected chi connectivity index (χ1v) is 8.71. The first kappa shape index (κ1) is 21.8. The second-order valence-corrected chi connectivity index (χ2v) is 6.24. The zero-order valence-electron chi connectivity index (χ0n) is 15.3. The van der Waals surface area contributed by atoms with Gasteiger partial charge in [0.15, 0.2) is 6.61 Å². The van der Waals surface area contributed by atoms with Crippen LogP contribution in [0.25, 0.3) is 0 Å². The summed E-state index contributed by atoms with van der Waals surface area (Å²) in [5, 5.41) is 13.2. The molecule has 0 radical (unpaired) electrons. The van der Waals surface area contributed by atoms with Gasteiger partial charge in [0, 0.05) is 12.5 Å². The lowest BCUT2D eigenvalue weighted by Gasteiger charge is -2.16. The third kappa shape index (κ3) is 6.28. The van der Waals surface area contributed by atoms with Crippen molar-refractivity contribution in [3.63, 3.8) is 0 Å². The van der Waals surface area contributed by atoms with Gasteiger partial charge in [-0.3, -0.25) is 14.9 Å². The summed E-state index contributed by atoms with van der Waals surface area (Å²) in [5.41, 5.74) is 0.204. The number of ether oxygens (including phenoxy) is 2. The van der Waals surface area contributed by atoms with E-state index in [1.54, 1.807) is 24.3 Å². The summed E-state index contributed by atoms with van der Waals surface area (Å²) in [6.07, 6.45) is 0.191. The Morgan fingerprint density at radius 1 is 1.17 bits per heavy atom. The molecule has 2 rings (SSSR count). The summed E-state index contributed by atoms with van der Waals surface area (Å²) in [6, 6.07) is 11.4. The van der Waals surface area contributed by atoms with Crippen LogP contribution in [0.5, 0.6) is 0 Å². The Morgan fingerprint density at radius 2 is 1.86 bits per heavy atom. The molecule has 152 valence electrons. The first-order valence-electron chi connectivity index (χ1n) is 8.34. The molecule has 0 aliphatic carbocycles. The van der Waals surface area contributed by atoms with E-state index in [1.165, 1.54) is 19.2 Å². The number of nitro groups is 1. The van der Waals surface area contributed by atoms with E-state index in [0.29, 0.717) is 0 Å². The molecule has 0 bridgehead atoms. The van der Waals surface area contributed by atoms with E-state index in [0.717, 1.165) is 11.6 Å². The summed E-state index contributed by atoms with van der Waals surface area (Å²) in [5.74, 6) is -2.33. The minimum absolute atomic E-state index is 0.133. The van der Waals surface area contributed by atoms with Crippen molar-refractivity contribution < 1.29 is 28.8 Å². The normalized spacial score (nSPS) is 11.2. The number of methoxy groups -OCH3 is 1. The van der Waals surface area contributed by atoms with Crippen molar-refractivity contribution in [1.29, 1.82) is 0 Å². The van der Waals surface area contributed by atoms with Gasteiger partial charge in [-0.15, -0.1) is 0 Å². The summed E-state index contributed by atoms with van der Waals surface area (Å²) < 4.78 is 9.55. The summed E-state index contributed by atoms with van der Waals surface area (Å²) in [7, 11) is 1.19. The monoisotopic (exact) mass is 420 g/mol. The van der Waals surface area contributed by atoms with E-state index < -0.39 is 41.1 Å². The van der Waals surface area contributed by atoms with Gasteiger partial charge in [0.1, 0.15) is 11.1 Å². The van der Waals surface area contributed by atoms with Crippen LogP contribution >= 0.6 is 11.6 Å². The van der Waals surface area contributed by atoms with E-state index in [1.807, 2.05) is 6.07 Å². The molecule has 0 aliphatic rings. The third-order valence-electron chi connectivity index (χ3n) is 3.82. The SMILES string of the molecule is COC(=O)C(Cc1ccccc1)NC(=O)COC(=O)c1ccc(Cl)c([N+](=O)[O-])c1. The molecule has 1 unspecified atom stereocenters. The van der Waals surface area contributed by atoms with Gasteiger partial charge in [0.05, 0.1) is 17.6 Å². The van der Waals surface area contributed by atoms with Gasteiger partial charge >= 0.3 is 11.9 Å². The largest absolute Gasteiger partial charge is 0.467 e. The summed E-state index contributed by atoms with van der Waals surface area (Å²) >= 11 is 5.69. The number of esters is 2. The van der Waals surface area contributed by atoms with Crippen molar-refractivity contribution in [2.45, 2.75) is 12.5 Å². The number of amides is 1. The number of carbonyl (C=O) groups is 3. The predicted molar refractivity (Wildman–Crippen MR) is 102 cm³/mol. The van der Waals surface area contributed by atoms with E-state index in [2.05, 4.69) is 10.1 Å². The van der Waals surface area contributed by atoms with Crippen LogP contribution in [0.2, 0.25) is 5.02 Å². The molecular weight excluding hydrogens is 404 g/mol. The Hall–Kier alpha value is -3.46. The lowest BCUT2D eigenvalue weighted by atomic mass is 10.1. The van der Waals surface area contributed by atoms with Crippen molar-refractivity contribution in [1.82, 2.24) is 5.32 Å². The van der Waals surface area contributed by atoms with E-state index in [9.17, 15) is 24.5 Å². The Balaban J connectivity index is 1.98. The predicted octanol–water partition coefficient (Wildman–Crippen LogP) is 2.31. The second kappa shape index (κ2) is 10.2. The Morgan fingerprint density at radius 3 is 2.48 bits per heavy atom. The quantitative estimate of drug-likeness (QED) is 0.394. The van der Waals surface area contributed by atoms with Gasteiger partial charge in [-0.2, -0.15) is 0 Å². The van der Waals surface area contributed by atoms with Crippen molar-refractivity contribution in [2.24, 2.45) is 0 Å². The summed E-state index contributed by atoms with van der Waals surface area (Å²) in [6.45, 7) is -0.683. The molecule has 2 aromatic rings. The highest BCUT2D eigenvalue weighted by molar-refractivity contribution is 6.32. The van der Waals surface area contributed by atoms with Crippen molar-refractivity contribution >= 4 is 35.1 Å². The standard InChI is InChI=1S/C19H17ClN2O7/c1-28-19(25)15(9-12-5-3-2-4-6-12)21-17(23)11-29-18(24)13-7-8-14(20)16(10-13)22(26)27/h2-8,10,15H,9,11H2,1H3,(H,21,23). The molecule has 0 aliphatic heterocycles. The number of carbonyl (C=O) groups excluding carboxylic acids is 3. The second-order valence-electron chi connectivity index (χ2n) is 5.83. The molecule has 0 aromatic heterocycles. The van der Waals surface area contributed by atoms with Crippen molar-refractivity contribution in [2.75, 3.05) is 13.7 Å². The minimum atomic E-state index is -0.967. The van der Waals surface area contributed by atoms with Crippen LogP contribution in [0.3, 0.4) is 0 Å². The van der Waals surface area contributed by atoms with Gasteiger partial charge in [0.25, 0.3) is 11.6 Å². The number of hydrogen-bond donors (Lipinski definition) is 1. The van der Waals surface area contributed by atoms with Gasteiger partial charge in [-0.25, -0.2) is 9.59 Å². The van der Waals surface area contributed by atoms with Gasteiger partial charge in [0.2, 0.25) is 0 Å². The van der Waals surface area contributed by atoms with E-state index in [4.69, 9.17) is 16.3 Å². The highest BCUT2D eigenvalue weighted by atomic mass is 35.5. The molecule has 0 fully saturated rings. The number of nitrogens with one attached hydrogen (secondary N) is 1. The Kier molecular flexibility index (Phi) is 7.67. The maximum absolute atomic E-state index is 12.1. The molecule has 0 saturated carbocycles. The maximum atomic E-state index is 12.1. The molecule has 1 amide bonds. The van der Waals surface area contributed by atoms with Crippen LogP contribution in [-0.4, -0.2) is 42.5 Å². The van der Waals surface area contributed by atoms with Crippen LogP contribution < -0.4 is 5.32 Å². The molecule has 2 aromatic carbocycles. The average Bonchev–Trinajstić information content (AvgIpc) is 2.71. The molecule has 10 heteroatoms. The number of nitro benzene ring substituents is 1. The number of nitrogens with zero attached hydrogens (tertiary/aromatic N) is 1. The first-order chi connectivity index (χ1) is 13.8. The number of halogens is 1. The Labute approximate surface area is 170 Å².